The third-order valence-electron chi connectivity index (χ3n) is 4.29. The van der Waals surface area contributed by atoms with E-state index in [1.165, 1.54) is 5.56 Å². The summed E-state index contributed by atoms with van der Waals surface area (Å²) in [5.41, 5.74) is 7.69. The van der Waals surface area contributed by atoms with E-state index in [0.29, 0.717) is 6.54 Å². The molecule has 2 aliphatic rings. The molecule has 0 radical (unpaired) electrons. The highest BCUT2D eigenvalue weighted by atomic mass is 16.5. The zero-order chi connectivity index (χ0) is 14.7. The second kappa shape index (κ2) is 6.45. The first-order chi connectivity index (χ1) is 10.3. The number of hydrogen-bond donors (Lipinski definition) is 2. The molecule has 0 aromatic heterocycles. The van der Waals surface area contributed by atoms with Crippen LogP contribution in [0.25, 0.3) is 0 Å². The van der Waals surface area contributed by atoms with Crippen LogP contribution < -0.4 is 15.8 Å². The van der Waals surface area contributed by atoms with Gasteiger partial charge in [-0.1, -0.05) is 6.42 Å². The standard InChI is InChI=1S/C16H23N3O2/c17-7-9-19-8-2-1-3-14(19)16(20)18-13-4-5-15-12(11-13)6-10-21-15/h4-5,11,14H,1-3,6-10,17H2,(H,18,20). The Bertz CT molecular complexity index is 516. The van der Waals surface area contributed by atoms with Gasteiger partial charge in [0.05, 0.1) is 12.6 Å². The molecule has 1 atom stereocenters. The Hall–Kier alpha value is -1.59. The summed E-state index contributed by atoms with van der Waals surface area (Å²) >= 11 is 0. The van der Waals surface area contributed by atoms with Crippen molar-refractivity contribution in [3.05, 3.63) is 23.8 Å². The lowest BCUT2D eigenvalue weighted by atomic mass is 10.0. The van der Waals surface area contributed by atoms with Crippen molar-refractivity contribution in [2.75, 3.05) is 31.6 Å². The molecule has 3 rings (SSSR count). The lowest BCUT2D eigenvalue weighted by molar-refractivity contribution is -0.122. The van der Waals surface area contributed by atoms with Crippen LogP contribution in [0.3, 0.4) is 0 Å². The first-order valence-corrected chi connectivity index (χ1v) is 7.78. The predicted molar refractivity (Wildman–Crippen MR) is 82.5 cm³/mol. The van der Waals surface area contributed by atoms with E-state index in [4.69, 9.17) is 10.5 Å². The lowest BCUT2D eigenvalue weighted by Gasteiger charge is -2.34. The molecule has 114 valence electrons. The Morgan fingerprint density at radius 1 is 1.43 bits per heavy atom. The lowest BCUT2D eigenvalue weighted by Crippen LogP contribution is -2.48. The fourth-order valence-electron chi connectivity index (χ4n) is 3.21. The molecule has 0 spiro atoms. The fourth-order valence-corrected chi connectivity index (χ4v) is 3.21. The third kappa shape index (κ3) is 3.19. The van der Waals surface area contributed by atoms with Gasteiger partial charge in [0, 0.05) is 25.2 Å². The van der Waals surface area contributed by atoms with Crippen LogP contribution in [-0.2, 0) is 11.2 Å². The highest BCUT2D eigenvalue weighted by Gasteiger charge is 2.28. The SMILES string of the molecule is NCCN1CCCCC1C(=O)Nc1ccc2c(c1)CCO2. The normalized spacial score (nSPS) is 21.7. The van der Waals surface area contributed by atoms with E-state index < -0.39 is 0 Å². The number of benzene rings is 1. The maximum Gasteiger partial charge on any atom is 0.241 e. The van der Waals surface area contributed by atoms with Crippen molar-refractivity contribution in [2.24, 2.45) is 5.73 Å². The first-order valence-electron chi connectivity index (χ1n) is 7.78. The minimum absolute atomic E-state index is 0.0493. The summed E-state index contributed by atoms with van der Waals surface area (Å²) in [4.78, 5) is 14.7. The number of piperidine rings is 1. The Morgan fingerprint density at radius 2 is 2.33 bits per heavy atom. The Labute approximate surface area is 125 Å². The van der Waals surface area contributed by atoms with Crippen LogP contribution in [0.1, 0.15) is 24.8 Å². The Kier molecular flexibility index (Phi) is 4.41. The van der Waals surface area contributed by atoms with Crippen LogP contribution in [0.2, 0.25) is 0 Å². The van der Waals surface area contributed by atoms with Crippen molar-refractivity contribution in [1.29, 1.82) is 0 Å². The molecule has 5 nitrogen and oxygen atoms in total. The van der Waals surface area contributed by atoms with Gasteiger partial charge < -0.3 is 15.8 Å². The van der Waals surface area contributed by atoms with Gasteiger partial charge in [-0.25, -0.2) is 0 Å². The summed E-state index contributed by atoms with van der Waals surface area (Å²) in [7, 11) is 0. The van der Waals surface area contributed by atoms with Crippen LogP contribution in [-0.4, -0.2) is 43.1 Å². The van der Waals surface area contributed by atoms with Crippen LogP contribution in [0.15, 0.2) is 18.2 Å². The van der Waals surface area contributed by atoms with Gasteiger partial charge in [-0.2, -0.15) is 0 Å². The Balaban J connectivity index is 1.67. The van der Waals surface area contributed by atoms with E-state index >= 15 is 0 Å². The summed E-state index contributed by atoms with van der Waals surface area (Å²) in [6.45, 7) is 3.09. The zero-order valence-corrected chi connectivity index (χ0v) is 12.3. The molecule has 21 heavy (non-hydrogen) atoms. The number of likely N-dealkylation sites (tertiary alicyclic amines) is 1. The number of rotatable bonds is 4. The van der Waals surface area contributed by atoms with Crippen molar-refractivity contribution >= 4 is 11.6 Å². The molecule has 1 unspecified atom stereocenters. The molecule has 2 heterocycles. The molecule has 0 aliphatic carbocycles. The largest absolute Gasteiger partial charge is 0.493 e. The van der Waals surface area contributed by atoms with E-state index in [9.17, 15) is 4.79 Å². The molecule has 1 fully saturated rings. The number of carbonyl (C=O) groups is 1. The minimum atomic E-state index is -0.0493. The van der Waals surface area contributed by atoms with Crippen LogP contribution in [0, 0.1) is 0 Å². The van der Waals surface area contributed by atoms with Gasteiger partial charge in [-0.05, 0) is 43.1 Å². The molecule has 1 amide bonds. The molecule has 0 saturated carbocycles. The van der Waals surface area contributed by atoms with Gasteiger partial charge in [-0.15, -0.1) is 0 Å². The number of ether oxygens (including phenoxy) is 1. The number of anilines is 1. The van der Waals surface area contributed by atoms with E-state index in [1.807, 2.05) is 18.2 Å². The van der Waals surface area contributed by atoms with E-state index in [-0.39, 0.29) is 11.9 Å². The van der Waals surface area contributed by atoms with Gasteiger partial charge in [-0.3, -0.25) is 9.69 Å². The second-order valence-electron chi connectivity index (χ2n) is 5.75. The number of carbonyl (C=O) groups excluding carboxylic acids is 1. The number of nitrogens with zero attached hydrogens (tertiary/aromatic N) is 1. The molecule has 2 aliphatic heterocycles. The smallest absolute Gasteiger partial charge is 0.241 e. The van der Waals surface area contributed by atoms with E-state index in [1.54, 1.807) is 0 Å². The van der Waals surface area contributed by atoms with Crippen molar-refractivity contribution in [2.45, 2.75) is 31.7 Å². The molecular weight excluding hydrogens is 266 g/mol. The fraction of sp³-hybridized carbons (Fsp3) is 0.562. The van der Waals surface area contributed by atoms with Crippen molar-refractivity contribution < 1.29 is 9.53 Å². The maximum atomic E-state index is 12.5. The van der Waals surface area contributed by atoms with Gasteiger partial charge in [0.15, 0.2) is 0 Å². The van der Waals surface area contributed by atoms with Gasteiger partial charge in [0.1, 0.15) is 5.75 Å². The quantitative estimate of drug-likeness (QED) is 0.878. The maximum absolute atomic E-state index is 12.5. The van der Waals surface area contributed by atoms with Crippen molar-refractivity contribution in [3.8, 4) is 5.75 Å². The molecule has 1 aromatic carbocycles. The number of fused-ring (bicyclic) bond motifs is 1. The molecule has 3 N–H and O–H groups in total. The third-order valence-corrected chi connectivity index (χ3v) is 4.29. The topological polar surface area (TPSA) is 67.6 Å². The number of amides is 1. The first kappa shape index (κ1) is 14.4. The molecule has 1 aromatic rings. The van der Waals surface area contributed by atoms with Crippen molar-refractivity contribution in [3.63, 3.8) is 0 Å². The summed E-state index contributed by atoms with van der Waals surface area (Å²) in [6, 6.07) is 5.83. The van der Waals surface area contributed by atoms with Crippen LogP contribution >= 0.6 is 0 Å². The highest BCUT2D eigenvalue weighted by molar-refractivity contribution is 5.95. The number of nitrogens with two attached hydrogens (primary N) is 1. The molecule has 5 heteroatoms. The second-order valence-corrected chi connectivity index (χ2v) is 5.75. The van der Waals surface area contributed by atoms with Gasteiger partial charge >= 0.3 is 0 Å². The average molecular weight is 289 g/mol. The average Bonchev–Trinajstić information content (AvgIpc) is 2.95. The zero-order valence-electron chi connectivity index (χ0n) is 12.3. The summed E-state index contributed by atoms with van der Waals surface area (Å²) < 4.78 is 5.49. The minimum Gasteiger partial charge on any atom is -0.493 e. The van der Waals surface area contributed by atoms with Crippen molar-refractivity contribution in [1.82, 2.24) is 4.90 Å². The predicted octanol–water partition coefficient (Wildman–Crippen LogP) is 1.37. The Morgan fingerprint density at radius 3 is 3.19 bits per heavy atom. The van der Waals surface area contributed by atoms with Gasteiger partial charge in [0.2, 0.25) is 5.91 Å². The highest BCUT2D eigenvalue weighted by Crippen LogP contribution is 2.28. The summed E-state index contributed by atoms with van der Waals surface area (Å²) in [5, 5.41) is 3.05. The van der Waals surface area contributed by atoms with E-state index in [0.717, 1.165) is 56.8 Å². The number of nitrogens with one attached hydrogen (secondary N) is 1. The van der Waals surface area contributed by atoms with E-state index in [2.05, 4.69) is 10.2 Å². The molecular formula is C16H23N3O2. The molecule has 1 saturated heterocycles. The molecule has 0 bridgehead atoms. The van der Waals surface area contributed by atoms with Crippen LogP contribution in [0.5, 0.6) is 5.75 Å². The van der Waals surface area contributed by atoms with Gasteiger partial charge in [0.25, 0.3) is 0 Å². The summed E-state index contributed by atoms with van der Waals surface area (Å²) in [6.07, 6.45) is 4.10. The summed E-state index contributed by atoms with van der Waals surface area (Å²) in [5.74, 6) is 1.03. The number of hydrogen-bond acceptors (Lipinski definition) is 4. The monoisotopic (exact) mass is 289 g/mol. The van der Waals surface area contributed by atoms with Crippen LogP contribution in [0.4, 0.5) is 5.69 Å².